The van der Waals surface area contributed by atoms with E-state index in [1.165, 1.54) is 13.8 Å². The molecule has 122 valence electrons. The molecule has 0 bridgehead atoms. The van der Waals surface area contributed by atoms with E-state index in [1.807, 2.05) is 0 Å². The minimum absolute atomic E-state index is 0.295. The number of benzene rings is 1. The molecule has 0 aliphatic heterocycles. The Balaban J connectivity index is 3.71. The molecule has 0 unspecified atom stereocenters. The van der Waals surface area contributed by atoms with Gasteiger partial charge in [0.05, 0.1) is 23.7 Å². The molecule has 0 heterocycles. The van der Waals surface area contributed by atoms with Crippen molar-refractivity contribution in [3.63, 3.8) is 0 Å². The van der Waals surface area contributed by atoms with Crippen LogP contribution in [0.4, 0.5) is 22.0 Å². The highest BCUT2D eigenvalue weighted by Gasteiger charge is 2.31. The Bertz CT molecular complexity index is 598. The Morgan fingerprint density at radius 2 is 1.27 bits per heavy atom. The van der Waals surface area contributed by atoms with E-state index in [9.17, 15) is 31.9 Å². The molecular formula is C13H10F5O4-. The van der Waals surface area contributed by atoms with Crippen molar-refractivity contribution in [2.24, 2.45) is 0 Å². The molecule has 0 spiro atoms. The first-order valence-corrected chi connectivity index (χ1v) is 6.00. The standard InChI is InChI=1S/C13H11F5O4/c1-3-21-12(19)6(13(20)22-4-2)5-7(14)9(16)11(18)10(17)8(5)15/h19H,3-4H2,1-2H3/p-1/b12-6-. The fraction of sp³-hybridized carbons (Fsp3) is 0.308. The van der Waals surface area contributed by atoms with E-state index in [0.717, 1.165) is 0 Å². The second-order valence-electron chi connectivity index (χ2n) is 3.76. The molecule has 4 nitrogen and oxygen atoms in total. The van der Waals surface area contributed by atoms with Crippen LogP contribution in [0, 0.1) is 29.1 Å². The fourth-order valence-corrected chi connectivity index (χ4v) is 1.52. The number of esters is 1. The average Bonchev–Trinajstić information content (AvgIpc) is 2.47. The number of carbonyl (C=O) groups is 1. The van der Waals surface area contributed by atoms with Crippen molar-refractivity contribution in [2.45, 2.75) is 13.8 Å². The summed E-state index contributed by atoms with van der Waals surface area (Å²) >= 11 is 0. The van der Waals surface area contributed by atoms with Crippen molar-refractivity contribution in [1.82, 2.24) is 0 Å². The molecular weight excluding hydrogens is 315 g/mol. The van der Waals surface area contributed by atoms with Crippen molar-refractivity contribution in [2.75, 3.05) is 13.2 Å². The molecule has 9 heteroatoms. The summed E-state index contributed by atoms with van der Waals surface area (Å²) < 4.78 is 75.5. The zero-order valence-electron chi connectivity index (χ0n) is 11.4. The molecule has 1 aromatic carbocycles. The molecule has 0 saturated heterocycles. The zero-order chi connectivity index (χ0) is 17.0. The van der Waals surface area contributed by atoms with Gasteiger partial charge >= 0.3 is 5.97 Å². The van der Waals surface area contributed by atoms with Gasteiger partial charge in [0.1, 0.15) is 0 Å². The van der Waals surface area contributed by atoms with E-state index in [0.29, 0.717) is 0 Å². The summed E-state index contributed by atoms with van der Waals surface area (Å²) in [6.45, 7) is 2.05. The minimum Gasteiger partial charge on any atom is -0.613 e. The van der Waals surface area contributed by atoms with Crippen LogP contribution in [0.1, 0.15) is 19.4 Å². The molecule has 0 N–H and O–H groups in total. The molecule has 0 aliphatic rings. The van der Waals surface area contributed by atoms with Crippen LogP contribution in [0.25, 0.3) is 5.57 Å². The van der Waals surface area contributed by atoms with Crippen LogP contribution in [0.5, 0.6) is 0 Å². The Morgan fingerprint density at radius 1 is 0.864 bits per heavy atom. The monoisotopic (exact) mass is 325 g/mol. The predicted octanol–water partition coefficient (Wildman–Crippen LogP) is 2.01. The Morgan fingerprint density at radius 3 is 1.68 bits per heavy atom. The first-order chi connectivity index (χ1) is 10.3. The number of carbonyl (C=O) groups excluding carboxylic acids is 1. The van der Waals surface area contributed by atoms with Gasteiger partial charge in [0.25, 0.3) is 0 Å². The third-order valence-electron chi connectivity index (χ3n) is 2.42. The maximum atomic E-state index is 13.7. The molecule has 1 aromatic rings. The number of halogens is 5. The van der Waals surface area contributed by atoms with Crippen LogP contribution in [-0.2, 0) is 14.3 Å². The Hall–Kier alpha value is -2.32. The lowest BCUT2D eigenvalue weighted by Gasteiger charge is -2.19. The van der Waals surface area contributed by atoms with Crippen molar-refractivity contribution >= 4 is 11.5 Å². The highest BCUT2D eigenvalue weighted by atomic mass is 19.2. The zero-order valence-corrected chi connectivity index (χ0v) is 11.4. The molecule has 0 saturated carbocycles. The molecule has 0 fully saturated rings. The molecule has 0 amide bonds. The van der Waals surface area contributed by atoms with E-state index in [2.05, 4.69) is 9.47 Å². The van der Waals surface area contributed by atoms with Crippen molar-refractivity contribution in [1.29, 1.82) is 0 Å². The van der Waals surface area contributed by atoms with Crippen LogP contribution >= 0.6 is 0 Å². The summed E-state index contributed by atoms with van der Waals surface area (Å²) in [7, 11) is 0. The molecule has 22 heavy (non-hydrogen) atoms. The highest BCUT2D eigenvalue weighted by molar-refractivity contribution is 6.16. The van der Waals surface area contributed by atoms with Crippen LogP contribution in [0.15, 0.2) is 5.95 Å². The first-order valence-electron chi connectivity index (χ1n) is 6.00. The summed E-state index contributed by atoms with van der Waals surface area (Å²) in [6.07, 6.45) is 0. The second kappa shape index (κ2) is 7.10. The lowest BCUT2D eigenvalue weighted by molar-refractivity contribution is -0.354. The SMILES string of the molecule is CCOC(=O)/C(=C(/[O-])OCC)c1c(F)c(F)c(F)c(F)c1F. The summed E-state index contributed by atoms with van der Waals surface area (Å²) in [6, 6.07) is 0. The average molecular weight is 325 g/mol. The molecule has 1 rings (SSSR count). The van der Waals surface area contributed by atoms with Crippen LogP contribution in [0.2, 0.25) is 0 Å². The quantitative estimate of drug-likeness (QED) is 0.207. The largest absolute Gasteiger partial charge is 0.613 e. The number of hydrogen-bond donors (Lipinski definition) is 0. The Labute approximate surface area is 121 Å². The predicted molar refractivity (Wildman–Crippen MR) is 61.4 cm³/mol. The third-order valence-corrected chi connectivity index (χ3v) is 2.42. The van der Waals surface area contributed by atoms with Gasteiger partial charge in [-0.05, 0) is 13.5 Å². The van der Waals surface area contributed by atoms with Gasteiger partial charge in [-0.1, -0.05) is 6.92 Å². The van der Waals surface area contributed by atoms with Crippen LogP contribution < -0.4 is 5.11 Å². The summed E-state index contributed by atoms with van der Waals surface area (Å²) in [5.74, 6) is -14.8. The fourth-order valence-electron chi connectivity index (χ4n) is 1.52. The van der Waals surface area contributed by atoms with Gasteiger partial charge in [0.15, 0.2) is 23.3 Å². The number of hydrogen-bond acceptors (Lipinski definition) is 4. The van der Waals surface area contributed by atoms with Crippen LogP contribution in [-0.4, -0.2) is 19.2 Å². The maximum Gasteiger partial charge on any atom is 0.340 e. The summed E-state index contributed by atoms with van der Waals surface area (Å²) in [5, 5.41) is 11.6. The second-order valence-corrected chi connectivity index (χ2v) is 3.76. The van der Waals surface area contributed by atoms with Gasteiger partial charge in [-0.3, -0.25) is 0 Å². The summed E-state index contributed by atoms with van der Waals surface area (Å²) in [4.78, 5) is 11.6. The van der Waals surface area contributed by atoms with Crippen LogP contribution in [0.3, 0.4) is 0 Å². The normalized spacial score (nSPS) is 12.0. The maximum absolute atomic E-state index is 13.7. The number of ether oxygens (including phenoxy) is 2. The molecule has 0 radical (unpaired) electrons. The topological polar surface area (TPSA) is 58.6 Å². The van der Waals surface area contributed by atoms with E-state index in [-0.39, 0.29) is 13.2 Å². The van der Waals surface area contributed by atoms with Gasteiger partial charge in [-0.15, -0.1) is 0 Å². The Kier molecular flexibility index (Phi) is 5.72. The van der Waals surface area contributed by atoms with Gasteiger partial charge in [0, 0.05) is 0 Å². The highest BCUT2D eigenvalue weighted by Crippen LogP contribution is 2.30. The third kappa shape index (κ3) is 3.12. The number of rotatable bonds is 5. The lowest BCUT2D eigenvalue weighted by atomic mass is 10.0. The van der Waals surface area contributed by atoms with Crippen molar-refractivity contribution in [3.05, 3.63) is 40.6 Å². The molecule has 0 atom stereocenters. The first kappa shape index (κ1) is 17.7. The molecule has 0 aromatic heterocycles. The lowest BCUT2D eigenvalue weighted by Crippen LogP contribution is -2.21. The van der Waals surface area contributed by atoms with Crippen molar-refractivity contribution < 1.29 is 41.3 Å². The summed E-state index contributed by atoms with van der Waals surface area (Å²) in [5.41, 5.74) is -3.09. The van der Waals surface area contributed by atoms with E-state index in [4.69, 9.17) is 0 Å². The minimum atomic E-state index is -2.41. The smallest absolute Gasteiger partial charge is 0.340 e. The van der Waals surface area contributed by atoms with Gasteiger partial charge in [-0.25, -0.2) is 26.7 Å². The van der Waals surface area contributed by atoms with Crippen molar-refractivity contribution in [3.8, 4) is 0 Å². The van der Waals surface area contributed by atoms with Gasteiger partial charge in [0.2, 0.25) is 5.82 Å². The molecule has 0 aliphatic carbocycles. The van der Waals surface area contributed by atoms with Gasteiger partial charge < -0.3 is 14.6 Å². The van der Waals surface area contributed by atoms with Gasteiger partial charge in [-0.2, -0.15) is 0 Å². The van der Waals surface area contributed by atoms with E-state index >= 15 is 0 Å². The van der Waals surface area contributed by atoms with E-state index in [1.54, 1.807) is 0 Å². The van der Waals surface area contributed by atoms with E-state index < -0.39 is 52.1 Å².